The molecule has 0 saturated carbocycles. The third-order valence-electron chi connectivity index (χ3n) is 3.48. The maximum atomic E-state index is 12.3. The second-order valence-corrected chi connectivity index (χ2v) is 5.29. The number of carbonyl (C=O) groups is 1. The molecule has 12 heteroatoms. The van der Waals surface area contributed by atoms with Crippen LogP contribution in [0.1, 0.15) is 10.4 Å². The minimum Gasteiger partial charge on any atom is -0.358 e. The molecule has 3 heterocycles. The van der Waals surface area contributed by atoms with Crippen LogP contribution < -0.4 is 10.6 Å². The number of amides is 1. The van der Waals surface area contributed by atoms with Crippen LogP contribution in [0.5, 0.6) is 0 Å². The van der Waals surface area contributed by atoms with Gasteiger partial charge in [-0.3, -0.25) is 9.48 Å². The monoisotopic (exact) mass is 341 g/mol. The molecular formula is C11H12ClN7O4. The van der Waals surface area contributed by atoms with Gasteiger partial charge < -0.3 is 25.9 Å². The average molecular weight is 342 g/mol. The summed E-state index contributed by atoms with van der Waals surface area (Å²) >= 11 is 5.64. The summed E-state index contributed by atoms with van der Waals surface area (Å²) in [5, 5.41) is 30.2. The number of rotatable bonds is 3. The SMILES string of the molecule is Cn1nc(-c2ncc([N+](=O)[O-])n2C)c2c1NC(O)(CCl)NC2=O. The molecule has 1 aliphatic heterocycles. The van der Waals surface area contributed by atoms with Crippen LogP contribution in [0.3, 0.4) is 0 Å². The van der Waals surface area contributed by atoms with E-state index in [9.17, 15) is 20.0 Å². The third kappa shape index (κ3) is 2.21. The number of hydrogen-bond acceptors (Lipinski definition) is 7. The number of imidazole rings is 1. The summed E-state index contributed by atoms with van der Waals surface area (Å²) in [6.45, 7) is 0. The second kappa shape index (κ2) is 4.93. The fourth-order valence-corrected chi connectivity index (χ4v) is 2.51. The highest BCUT2D eigenvalue weighted by Gasteiger charge is 2.40. The Morgan fingerprint density at radius 3 is 2.74 bits per heavy atom. The number of nitrogens with zero attached hydrogens (tertiary/aromatic N) is 5. The van der Waals surface area contributed by atoms with E-state index in [1.807, 2.05) is 0 Å². The molecule has 2 aromatic heterocycles. The minimum absolute atomic E-state index is 0.117. The third-order valence-corrected chi connectivity index (χ3v) is 3.86. The molecule has 0 fully saturated rings. The van der Waals surface area contributed by atoms with Crippen LogP contribution >= 0.6 is 11.6 Å². The van der Waals surface area contributed by atoms with Crippen LogP contribution in [0.4, 0.5) is 11.6 Å². The number of hydrogen-bond donors (Lipinski definition) is 3. The number of aromatic nitrogens is 4. The fourth-order valence-electron chi connectivity index (χ4n) is 2.37. The summed E-state index contributed by atoms with van der Waals surface area (Å²) < 4.78 is 2.56. The van der Waals surface area contributed by atoms with Gasteiger partial charge in [0.1, 0.15) is 17.6 Å². The van der Waals surface area contributed by atoms with Crippen LogP contribution in [0.25, 0.3) is 11.5 Å². The zero-order valence-electron chi connectivity index (χ0n) is 12.1. The van der Waals surface area contributed by atoms with Gasteiger partial charge in [0.15, 0.2) is 5.69 Å². The number of halogens is 1. The second-order valence-electron chi connectivity index (χ2n) is 5.02. The Kier molecular flexibility index (Phi) is 3.26. The lowest BCUT2D eigenvalue weighted by Gasteiger charge is -2.32. The van der Waals surface area contributed by atoms with Crippen molar-refractivity contribution >= 4 is 29.1 Å². The average Bonchev–Trinajstić information content (AvgIpc) is 3.00. The van der Waals surface area contributed by atoms with Crippen molar-refractivity contribution < 1.29 is 14.8 Å². The van der Waals surface area contributed by atoms with Crippen LogP contribution in [0.2, 0.25) is 0 Å². The summed E-state index contributed by atoms with van der Waals surface area (Å²) in [7, 11) is 3.00. The molecule has 1 aliphatic rings. The summed E-state index contributed by atoms with van der Waals surface area (Å²) in [5.41, 5.74) is 0.269. The maximum Gasteiger partial charge on any atom is 0.342 e. The van der Waals surface area contributed by atoms with Gasteiger partial charge in [-0.15, -0.1) is 11.6 Å². The van der Waals surface area contributed by atoms with Crippen molar-refractivity contribution in [1.29, 1.82) is 0 Å². The molecule has 0 spiro atoms. The highest BCUT2D eigenvalue weighted by Crippen LogP contribution is 2.33. The van der Waals surface area contributed by atoms with Gasteiger partial charge in [0, 0.05) is 7.05 Å². The first-order chi connectivity index (χ1) is 10.8. The normalized spacial score (nSPS) is 19.9. The summed E-state index contributed by atoms with van der Waals surface area (Å²) in [5.74, 6) is -2.55. The van der Waals surface area contributed by atoms with E-state index in [0.717, 1.165) is 6.20 Å². The molecule has 3 rings (SSSR count). The van der Waals surface area contributed by atoms with Crippen molar-refractivity contribution in [3.05, 3.63) is 21.9 Å². The number of alkyl halides is 1. The van der Waals surface area contributed by atoms with Gasteiger partial charge in [0.25, 0.3) is 5.91 Å². The van der Waals surface area contributed by atoms with Crippen LogP contribution in [-0.4, -0.2) is 47.0 Å². The molecule has 0 aliphatic carbocycles. The summed E-state index contributed by atoms with van der Waals surface area (Å²) in [4.78, 5) is 26.6. The van der Waals surface area contributed by atoms with Crippen molar-refractivity contribution in [1.82, 2.24) is 24.6 Å². The van der Waals surface area contributed by atoms with Crippen LogP contribution in [0, 0.1) is 10.1 Å². The fraction of sp³-hybridized carbons (Fsp3) is 0.364. The Hall–Kier alpha value is -2.66. The van der Waals surface area contributed by atoms with Gasteiger partial charge >= 0.3 is 5.82 Å². The van der Waals surface area contributed by atoms with Gasteiger partial charge in [-0.1, -0.05) is 0 Å². The van der Waals surface area contributed by atoms with Crippen LogP contribution in [0.15, 0.2) is 6.20 Å². The molecule has 11 nitrogen and oxygen atoms in total. The first-order valence-electron chi connectivity index (χ1n) is 6.40. The van der Waals surface area contributed by atoms with E-state index in [0.29, 0.717) is 0 Å². The molecule has 1 atom stereocenters. The molecular weight excluding hydrogens is 330 g/mol. The minimum atomic E-state index is -1.80. The van der Waals surface area contributed by atoms with E-state index in [-0.39, 0.29) is 34.6 Å². The van der Waals surface area contributed by atoms with Gasteiger partial charge in [0.2, 0.25) is 11.7 Å². The molecule has 23 heavy (non-hydrogen) atoms. The van der Waals surface area contributed by atoms with Crippen molar-refractivity contribution in [2.24, 2.45) is 14.1 Å². The lowest BCUT2D eigenvalue weighted by molar-refractivity contribution is -0.391. The summed E-state index contributed by atoms with van der Waals surface area (Å²) in [6.07, 6.45) is 1.08. The molecule has 122 valence electrons. The number of aryl methyl sites for hydroxylation is 1. The van der Waals surface area contributed by atoms with Crippen molar-refractivity contribution in [3.8, 4) is 11.5 Å². The van der Waals surface area contributed by atoms with E-state index in [2.05, 4.69) is 20.7 Å². The first kappa shape index (κ1) is 15.2. The number of fused-ring (bicyclic) bond motifs is 1. The Morgan fingerprint density at radius 1 is 1.48 bits per heavy atom. The van der Waals surface area contributed by atoms with Crippen molar-refractivity contribution in [3.63, 3.8) is 0 Å². The Morgan fingerprint density at radius 2 is 2.17 bits per heavy atom. The Bertz CT molecular complexity index is 829. The highest BCUT2D eigenvalue weighted by atomic mass is 35.5. The Labute approximate surface area is 134 Å². The molecule has 0 saturated heterocycles. The number of aliphatic hydroxyl groups is 1. The molecule has 0 bridgehead atoms. The largest absolute Gasteiger partial charge is 0.358 e. The van der Waals surface area contributed by atoms with E-state index >= 15 is 0 Å². The maximum absolute atomic E-state index is 12.3. The van der Waals surface area contributed by atoms with E-state index in [4.69, 9.17) is 11.6 Å². The number of anilines is 1. The number of carbonyl (C=O) groups excluding carboxylic acids is 1. The van der Waals surface area contributed by atoms with E-state index in [1.165, 1.54) is 16.3 Å². The lowest BCUT2D eigenvalue weighted by atomic mass is 10.1. The van der Waals surface area contributed by atoms with Gasteiger partial charge in [0.05, 0.1) is 12.9 Å². The van der Waals surface area contributed by atoms with Gasteiger partial charge in [-0.25, -0.2) is 9.55 Å². The topological polar surface area (TPSA) is 140 Å². The molecule has 3 N–H and O–H groups in total. The predicted octanol–water partition coefficient (Wildman–Crippen LogP) is -0.231. The van der Waals surface area contributed by atoms with E-state index < -0.39 is 16.7 Å². The number of nitrogens with one attached hydrogen (secondary N) is 2. The standard InChI is InChI=1S/C11H12ClN7O4/c1-17-5(19(22)23)3-13-9(17)7-6-8(18(2)16-7)14-11(21,4-12)15-10(6)20/h3,14,21H,4H2,1-2H3,(H,15,20). The zero-order chi connectivity index (χ0) is 16.9. The highest BCUT2D eigenvalue weighted by molar-refractivity contribution is 6.19. The summed E-state index contributed by atoms with van der Waals surface area (Å²) in [6, 6.07) is 0. The van der Waals surface area contributed by atoms with Crippen LogP contribution in [-0.2, 0) is 14.1 Å². The first-order valence-corrected chi connectivity index (χ1v) is 6.93. The predicted molar refractivity (Wildman–Crippen MR) is 78.8 cm³/mol. The van der Waals surface area contributed by atoms with Crippen molar-refractivity contribution in [2.45, 2.75) is 5.85 Å². The molecule has 1 amide bonds. The number of nitro groups is 1. The zero-order valence-corrected chi connectivity index (χ0v) is 12.8. The lowest BCUT2D eigenvalue weighted by Crippen LogP contribution is -2.59. The molecule has 0 aromatic carbocycles. The molecule has 0 radical (unpaired) electrons. The molecule has 2 aromatic rings. The van der Waals surface area contributed by atoms with Gasteiger partial charge in [-0.05, 0) is 4.92 Å². The quantitative estimate of drug-likeness (QED) is 0.398. The van der Waals surface area contributed by atoms with E-state index in [1.54, 1.807) is 7.05 Å². The van der Waals surface area contributed by atoms with Gasteiger partial charge in [-0.2, -0.15) is 5.10 Å². The van der Waals surface area contributed by atoms with Crippen molar-refractivity contribution in [2.75, 3.05) is 11.2 Å². The molecule has 1 unspecified atom stereocenters. The smallest absolute Gasteiger partial charge is 0.342 e. The Balaban J connectivity index is 2.17.